The van der Waals surface area contributed by atoms with Crippen molar-refractivity contribution >= 4 is 5.91 Å². The van der Waals surface area contributed by atoms with Crippen LogP contribution in [0.3, 0.4) is 0 Å². The molecule has 6 nitrogen and oxygen atoms in total. The summed E-state index contributed by atoms with van der Waals surface area (Å²) in [6.45, 7) is 3.14. The van der Waals surface area contributed by atoms with Crippen LogP contribution in [0.2, 0.25) is 0 Å². The van der Waals surface area contributed by atoms with Crippen LogP contribution in [-0.2, 0) is 9.53 Å². The van der Waals surface area contributed by atoms with Crippen molar-refractivity contribution in [2.75, 3.05) is 19.7 Å². The van der Waals surface area contributed by atoms with E-state index < -0.39 is 0 Å². The molecule has 1 amide bonds. The topological polar surface area (TPSA) is 68.5 Å². The number of hydrogen-bond donors (Lipinski definition) is 0. The van der Waals surface area contributed by atoms with Crippen LogP contribution in [0.5, 0.6) is 0 Å². The molecule has 0 N–H and O–H groups in total. The minimum Gasteiger partial charge on any atom is -0.366 e. The van der Waals surface area contributed by atoms with E-state index in [-0.39, 0.29) is 17.9 Å². The summed E-state index contributed by atoms with van der Waals surface area (Å²) in [6.07, 6.45) is -0.368. The Labute approximate surface area is 157 Å². The lowest BCUT2D eigenvalue weighted by Gasteiger charge is -2.34. The third-order valence-electron chi connectivity index (χ3n) is 4.72. The predicted octanol–water partition coefficient (Wildman–Crippen LogP) is 3.11. The monoisotopic (exact) mass is 363 g/mol. The Morgan fingerprint density at radius 2 is 1.70 bits per heavy atom. The van der Waals surface area contributed by atoms with Gasteiger partial charge in [-0.25, -0.2) is 0 Å². The first-order valence-corrected chi connectivity index (χ1v) is 9.03. The van der Waals surface area contributed by atoms with Gasteiger partial charge in [-0.3, -0.25) is 4.79 Å². The second-order valence-electron chi connectivity index (χ2n) is 6.57. The highest BCUT2D eigenvalue weighted by Crippen LogP contribution is 2.29. The maximum Gasteiger partial charge on any atom is 0.234 e. The molecule has 0 aliphatic carbocycles. The van der Waals surface area contributed by atoms with Crippen LogP contribution >= 0.6 is 0 Å². The average Bonchev–Trinajstić information content (AvgIpc) is 3.16. The largest absolute Gasteiger partial charge is 0.366 e. The zero-order valence-corrected chi connectivity index (χ0v) is 15.1. The highest BCUT2D eigenvalue weighted by atomic mass is 16.5. The molecular weight excluding hydrogens is 342 g/mol. The molecule has 1 atom stereocenters. The lowest BCUT2D eigenvalue weighted by molar-refractivity contribution is -0.140. The first kappa shape index (κ1) is 17.4. The second kappa shape index (κ2) is 7.72. The quantitative estimate of drug-likeness (QED) is 0.712. The van der Waals surface area contributed by atoms with Crippen LogP contribution in [0.25, 0.3) is 0 Å². The molecule has 0 saturated carbocycles. The first-order valence-electron chi connectivity index (χ1n) is 9.03. The van der Waals surface area contributed by atoms with Crippen molar-refractivity contribution in [1.29, 1.82) is 0 Å². The molecular formula is C21H21N3O3. The summed E-state index contributed by atoms with van der Waals surface area (Å²) in [4.78, 5) is 19.6. The van der Waals surface area contributed by atoms with Gasteiger partial charge in [0.05, 0.1) is 19.1 Å². The molecule has 2 aromatic carbocycles. The first-order chi connectivity index (χ1) is 13.2. The van der Waals surface area contributed by atoms with Gasteiger partial charge >= 0.3 is 0 Å². The minimum atomic E-state index is -0.368. The number of hydrogen-bond acceptors (Lipinski definition) is 5. The fourth-order valence-corrected chi connectivity index (χ4v) is 3.40. The summed E-state index contributed by atoms with van der Waals surface area (Å²) >= 11 is 0. The van der Waals surface area contributed by atoms with Crippen LogP contribution in [0.1, 0.15) is 34.9 Å². The molecule has 27 heavy (non-hydrogen) atoms. The molecule has 0 radical (unpaired) electrons. The van der Waals surface area contributed by atoms with Crippen molar-refractivity contribution in [2.24, 2.45) is 0 Å². The number of ether oxygens (including phenoxy) is 1. The lowest BCUT2D eigenvalue weighted by atomic mass is 9.90. The van der Waals surface area contributed by atoms with E-state index in [1.54, 1.807) is 6.92 Å². The van der Waals surface area contributed by atoms with Crippen molar-refractivity contribution in [3.8, 4) is 0 Å². The van der Waals surface area contributed by atoms with E-state index in [2.05, 4.69) is 10.1 Å². The number of carbonyl (C=O) groups excluding carboxylic acids is 1. The zero-order chi connectivity index (χ0) is 18.6. The summed E-state index contributed by atoms with van der Waals surface area (Å²) in [7, 11) is 0. The van der Waals surface area contributed by atoms with E-state index in [1.165, 1.54) is 0 Å². The Bertz CT molecular complexity index is 856. The fourth-order valence-electron chi connectivity index (χ4n) is 3.40. The van der Waals surface area contributed by atoms with Gasteiger partial charge in [-0.15, -0.1) is 0 Å². The second-order valence-corrected chi connectivity index (χ2v) is 6.57. The van der Waals surface area contributed by atoms with Crippen LogP contribution in [0.4, 0.5) is 0 Å². The number of carbonyl (C=O) groups is 1. The van der Waals surface area contributed by atoms with Gasteiger partial charge in [0.2, 0.25) is 17.6 Å². The number of aryl methyl sites for hydroxylation is 1. The Balaban J connectivity index is 1.61. The summed E-state index contributed by atoms with van der Waals surface area (Å²) in [6, 6.07) is 19.7. The number of aromatic nitrogens is 2. The predicted molar refractivity (Wildman–Crippen MR) is 99.0 cm³/mol. The van der Waals surface area contributed by atoms with E-state index in [9.17, 15) is 4.79 Å². The SMILES string of the molecule is Cc1nc(C2CN(C(=O)C(c3ccccc3)c3ccccc3)CCO2)no1. The van der Waals surface area contributed by atoms with E-state index in [1.807, 2.05) is 65.6 Å². The van der Waals surface area contributed by atoms with Crippen molar-refractivity contribution in [3.63, 3.8) is 0 Å². The van der Waals surface area contributed by atoms with Gasteiger partial charge in [0, 0.05) is 13.5 Å². The summed E-state index contributed by atoms with van der Waals surface area (Å²) < 4.78 is 10.8. The van der Waals surface area contributed by atoms with Crippen LogP contribution in [0.15, 0.2) is 65.2 Å². The summed E-state index contributed by atoms with van der Waals surface area (Å²) in [5.41, 5.74) is 1.96. The molecule has 3 aromatic rings. The summed E-state index contributed by atoms with van der Waals surface area (Å²) in [5, 5.41) is 3.95. The van der Waals surface area contributed by atoms with Crippen LogP contribution in [-0.4, -0.2) is 40.6 Å². The fraction of sp³-hybridized carbons (Fsp3) is 0.286. The molecule has 4 rings (SSSR count). The third-order valence-corrected chi connectivity index (χ3v) is 4.72. The lowest BCUT2D eigenvalue weighted by Crippen LogP contribution is -2.44. The smallest absolute Gasteiger partial charge is 0.234 e. The van der Waals surface area contributed by atoms with Crippen LogP contribution in [0, 0.1) is 6.92 Å². The normalized spacial score (nSPS) is 17.3. The Kier molecular flexibility index (Phi) is 4.98. The standard InChI is InChI=1S/C21H21N3O3/c1-15-22-20(23-27-15)18-14-24(12-13-26-18)21(25)19(16-8-4-2-5-9-16)17-10-6-3-7-11-17/h2-11,18-19H,12-14H2,1H3. The zero-order valence-electron chi connectivity index (χ0n) is 15.1. The van der Waals surface area contributed by atoms with Crippen molar-refractivity contribution in [3.05, 3.63) is 83.5 Å². The molecule has 1 aliphatic rings. The highest BCUT2D eigenvalue weighted by molar-refractivity contribution is 5.87. The average molecular weight is 363 g/mol. The van der Waals surface area contributed by atoms with Gasteiger partial charge in [-0.2, -0.15) is 4.98 Å². The Morgan fingerprint density at radius 1 is 1.07 bits per heavy atom. The number of amides is 1. The molecule has 0 bridgehead atoms. The summed E-state index contributed by atoms with van der Waals surface area (Å²) in [5.74, 6) is 0.684. The van der Waals surface area contributed by atoms with E-state index in [4.69, 9.17) is 9.26 Å². The molecule has 1 fully saturated rings. The van der Waals surface area contributed by atoms with Crippen molar-refractivity contribution < 1.29 is 14.1 Å². The molecule has 0 spiro atoms. The molecule has 1 aliphatic heterocycles. The van der Waals surface area contributed by atoms with E-state index in [0.29, 0.717) is 31.4 Å². The minimum absolute atomic E-state index is 0.0564. The van der Waals surface area contributed by atoms with Gasteiger partial charge in [-0.1, -0.05) is 65.8 Å². The molecule has 1 unspecified atom stereocenters. The number of benzene rings is 2. The van der Waals surface area contributed by atoms with Crippen molar-refractivity contribution in [1.82, 2.24) is 15.0 Å². The molecule has 1 aromatic heterocycles. The highest BCUT2D eigenvalue weighted by Gasteiger charge is 2.33. The van der Waals surface area contributed by atoms with E-state index in [0.717, 1.165) is 11.1 Å². The number of nitrogens with zero attached hydrogens (tertiary/aromatic N) is 3. The van der Waals surface area contributed by atoms with Gasteiger partial charge in [-0.05, 0) is 11.1 Å². The molecule has 138 valence electrons. The molecule has 6 heteroatoms. The molecule has 1 saturated heterocycles. The van der Waals surface area contributed by atoms with Crippen LogP contribution < -0.4 is 0 Å². The maximum atomic E-state index is 13.5. The maximum absolute atomic E-state index is 13.5. The van der Waals surface area contributed by atoms with Gasteiger partial charge < -0.3 is 14.2 Å². The van der Waals surface area contributed by atoms with Gasteiger partial charge in [0.15, 0.2) is 0 Å². The third kappa shape index (κ3) is 3.75. The Hall–Kier alpha value is -2.99. The number of morpholine rings is 1. The number of rotatable bonds is 4. The van der Waals surface area contributed by atoms with Gasteiger partial charge in [0.25, 0.3) is 0 Å². The molecule has 2 heterocycles. The van der Waals surface area contributed by atoms with Crippen molar-refractivity contribution in [2.45, 2.75) is 18.9 Å². The Morgan fingerprint density at radius 3 is 2.26 bits per heavy atom. The van der Waals surface area contributed by atoms with Gasteiger partial charge in [0.1, 0.15) is 6.10 Å². The van der Waals surface area contributed by atoms with E-state index >= 15 is 0 Å².